The van der Waals surface area contributed by atoms with Crippen LogP contribution in [0.15, 0.2) is 24.3 Å². The topological polar surface area (TPSA) is 66.4 Å². The maximum atomic E-state index is 11.7. The van der Waals surface area contributed by atoms with Crippen LogP contribution in [0, 0.1) is 0 Å². The molecule has 1 saturated heterocycles. The molecule has 2 N–H and O–H groups in total. The van der Waals surface area contributed by atoms with Crippen LogP contribution < -0.4 is 5.32 Å². The van der Waals surface area contributed by atoms with E-state index in [-0.39, 0.29) is 11.5 Å². The average molecular weight is 279 g/mol. The lowest BCUT2D eigenvalue weighted by atomic mass is 10.1. The molecule has 0 spiro atoms. The van der Waals surface area contributed by atoms with Gasteiger partial charge in [-0.3, -0.25) is 4.79 Å². The van der Waals surface area contributed by atoms with Crippen molar-refractivity contribution in [1.82, 2.24) is 5.32 Å². The summed E-state index contributed by atoms with van der Waals surface area (Å²) in [5.41, 5.74) is 1.26. The number of carboxylic acid groups (broad SMARTS) is 1. The second-order valence-electron chi connectivity index (χ2n) is 4.63. The Morgan fingerprint density at radius 3 is 2.63 bits per heavy atom. The molecule has 0 aliphatic carbocycles. The summed E-state index contributed by atoms with van der Waals surface area (Å²) in [4.78, 5) is 22.4. The Bertz CT molecular complexity index is 452. The number of carboxylic acids is 1. The number of thioether (sulfide) groups is 1. The monoisotopic (exact) mass is 279 g/mol. The van der Waals surface area contributed by atoms with E-state index >= 15 is 0 Å². The number of aryl methyl sites for hydroxylation is 1. The van der Waals surface area contributed by atoms with Crippen molar-refractivity contribution in [1.29, 1.82) is 0 Å². The minimum Gasteiger partial charge on any atom is -0.478 e. The van der Waals surface area contributed by atoms with Gasteiger partial charge in [0.05, 0.1) is 5.56 Å². The molecule has 0 bridgehead atoms. The lowest BCUT2D eigenvalue weighted by molar-refractivity contribution is -0.121. The highest BCUT2D eigenvalue weighted by Gasteiger charge is 2.17. The Morgan fingerprint density at radius 1 is 1.32 bits per heavy atom. The lowest BCUT2D eigenvalue weighted by Gasteiger charge is -2.11. The van der Waals surface area contributed by atoms with Crippen molar-refractivity contribution >= 4 is 23.6 Å². The van der Waals surface area contributed by atoms with Crippen molar-refractivity contribution in [2.45, 2.75) is 25.3 Å². The van der Waals surface area contributed by atoms with Crippen LogP contribution in [0.2, 0.25) is 0 Å². The van der Waals surface area contributed by atoms with Gasteiger partial charge >= 0.3 is 5.97 Å². The van der Waals surface area contributed by atoms with Gasteiger partial charge in [0.2, 0.25) is 5.91 Å². The second-order valence-corrected chi connectivity index (χ2v) is 5.78. The molecular weight excluding hydrogens is 262 g/mol. The number of aromatic carboxylic acids is 1. The van der Waals surface area contributed by atoms with Crippen LogP contribution in [-0.2, 0) is 11.2 Å². The zero-order chi connectivity index (χ0) is 13.7. The van der Waals surface area contributed by atoms with Gasteiger partial charge in [-0.1, -0.05) is 12.1 Å². The van der Waals surface area contributed by atoms with E-state index in [2.05, 4.69) is 5.32 Å². The van der Waals surface area contributed by atoms with E-state index in [0.717, 1.165) is 23.5 Å². The molecule has 1 aromatic rings. The first-order chi connectivity index (χ1) is 9.15. The number of carbonyl (C=O) groups is 2. The summed E-state index contributed by atoms with van der Waals surface area (Å²) in [5, 5.41) is 11.8. The SMILES string of the molecule is O=C(CCc1ccc(C(=O)O)cc1)NC1CCSC1. The van der Waals surface area contributed by atoms with Crippen LogP contribution in [0.4, 0.5) is 0 Å². The van der Waals surface area contributed by atoms with E-state index < -0.39 is 5.97 Å². The Kier molecular flexibility index (Phi) is 4.85. The van der Waals surface area contributed by atoms with Gasteiger partial charge in [-0.15, -0.1) is 0 Å². The number of hydrogen-bond acceptors (Lipinski definition) is 3. The van der Waals surface area contributed by atoms with Gasteiger partial charge in [0.15, 0.2) is 0 Å². The standard InChI is InChI=1S/C14H17NO3S/c16-13(15-12-7-8-19-9-12)6-3-10-1-4-11(5-2-10)14(17)18/h1-2,4-5,12H,3,6-9H2,(H,15,16)(H,17,18). The highest BCUT2D eigenvalue weighted by molar-refractivity contribution is 7.99. The van der Waals surface area contributed by atoms with Crippen LogP contribution >= 0.6 is 11.8 Å². The molecule has 4 nitrogen and oxygen atoms in total. The van der Waals surface area contributed by atoms with Crippen LogP contribution in [-0.4, -0.2) is 34.5 Å². The quantitative estimate of drug-likeness (QED) is 0.864. The van der Waals surface area contributed by atoms with Crippen molar-refractivity contribution in [3.05, 3.63) is 35.4 Å². The smallest absolute Gasteiger partial charge is 0.335 e. The summed E-state index contributed by atoms with van der Waals surface area (Å²) >= 11 is 1.87. The van der Waals surface area contributed by atoms with Gasteiger partial charge in [0.1, 0.15) is 0 Å². The summed E-state index contributed by atoms with van der Waals surface area (Å²) < 4.78 is 0. The molecule has 0 aromatic heterocycles. The summed E-state index contributed by atoms with van der Waals surface area (Å²) in [6.45, 7) is 0. The molecule has 1 amide bonds. The van der Waals surface area contributed by atoms with Gasteiger partial charge in [-0.25, -0.2) is 4.79 Å². The molecule has 0 saturated carbocycles. The van der Waals surface area contributed by atoms with Crippen LogP contribution in [0.1, 0.15) is 28.8 Å². The van der Waals surface area contributed by atoms with Crippen molar-refractivity contribution in [2.24, 2.45) is 0 Å². The van der Waals surface area contributed by atoms with Gasteiger partial charge in [0.25, 0.3) is 0 Å². The summed E-state index contributed by atoms with van der Waals surface area (Å²) in [7, 11) is 0. The maximum absolute atomic E-state index is 11.7. The number of hydrogen-bond donors (Lipinski definition) is 2. The third kappa shape index (κ3) is 4.28. The normalized spacial score (nSPS) is 18.2. The molecule has 1 atom stereocenters. The number of rotatable bonds is 5. The Hall–Kier alpha value is -1.49. The molecule has 19 heavy (non-hydrogen) atoms. The molecule has 0 radical (unpaired) electrons. The Balaban J connectivity index is 1.77. The zero-order valence-corrected chi connectivity index (χ0v) is 11.4. The summed E-state index contributed by atoms with van der Waals surface area (Å²) in [6, 6.07) is 7.00. The average Bonchev–Trinajstić information content (AvgIpc) is 2.89. The predicted molar refractivity (Wildman–Crippen MR) is 75.6 cm³/mol. The first kappa shape index (κ1) is 13.9. The van der Waals surface area contributed by atoms with Crippen LogP contribution in [0.3, 0.4) is 0 Å². The van der Waals surface area contributed by atoms with E-state index in [4.69, 9.17) is 5.11 Å². The third-order valence-corrected chi connectivity index (χ3v) is 4.30. The van der Waals surface area contributed by atoms with E-state index in [1.165, 1.54) is 0 Å². The summed E-state index contributed by atoms with van der Waals surface area (Å²) in [6.07, 6.45) is 2.16. The molecule has 2 rings (SSSR count). The van der Waals surface area contributed by atoms with Crippen LogP contribution in [0.5, 0.6) is 0 Å². The first-order valence-corrected chi connectivity index (χ1v) is 7.50. The van der Waals surface area contributed by atoms with E-state index in [0.29, 0.717) is 18.9 Å². The van der Waals surface area contributed by atoms with Crippen molar-refractivity contribution in [3.8, 4) is 0 Å². The van der Waals surface area contributed by atoms with Crippen molar-refractivity contribution in [2.75, 3.05) is 11.5 Å². The van der Waals surface area contributed by atoms with E-state index in [9.17, 15) is 9.59 Å². The number of nitrogens with one attached hydrogen (secondary N) is 1. The van der Waals surface area contributed by atoms with Crippen LogP contribution in [0.25, 0.3) is 0 Å². The minimum atomic E-state index is -0.928. The molecule has 1 aliphatic heterocycles. The molecule has 1 unspecified atom stereocenters. The van der Waals surface area contributed by atoms with E-state index in [1.807, 2.05) is 11.8 Å². The highest BCUT2D eigenvalue weighted by Crippen LogP contribution is 2.17. The number of benzene rings is 1. The van der Waals surface area contributed by atoms with E-state index in [1.54, 1.807) is 24.3 Å². The molecule has 1 aromatic carbocycles. The number of carbonyl (C=O) groups excluding carboxylic acids is 1. The largest absolute Gasteiger partial charge is 0.478 e. The van der Waals surface area contributed by atoms with Gasteiger partial charge in [-0.2, -0.15) is 11.8 Å². The fourth-order valence-electron chi connectivity index (χ4n) is 2.02. The first-order valence-electron chi connectivity index (χ1n) is 6.34. The summed E-state index contributed by atoms with van der Waals surface area (Å²) in [5.74, 6) is 1.29. The zero-order valence-electron chi connectivity index (χ0n) is 10.6. The fourth-order valence-corrected chi connectivity index (χ4v) is 3.17. The van der Waals surface area contributed by atoms with Gasteiger partial charge < -0.3 is 10.4 Å². The molecule has 5 heteroatoms. The Labute approximate surface area is 116 Å². The second kappa shape index (κ2) is 6.61. The fraction of sp³-hybridized carbons (Fsp3) is 0.429. The predicted octanol–water partition coefficient (Wildman–Crippen LogP) is 1.94. The van der Waals surface area contributed by atoms with Gasteiger partial charge in [-0.05, 0) is 36.3 Å². The highest BCUT2D eigenvalue weighted by atomic mass is 32.2. The molecular formula is C14H17NO3S. The molecule has 102 valence electrons. The Morgan fingerprint density at radius 2 is 2.05 bits per heavy atom. The van der Waals surface area contributed by atoms with Crippen molar-refractivity contribution in [3.63, 3.8) is 0 Å². The third-order valence-electron chi connectivity index (χ3n) is 3.14. The molecule has 1 aliphatic rings. The lowest BCUT2D eigenvalue weighted by Crippen LogP contribution is -2.34. The van der Waals surface area contributed by atoms with Crippen molar-refractivity contribution < 1.29 is 14.7 Å². The van der Waals surface area contributed by atoms with Gasteiger partial charge in [0, 0.05) is 18.2 Å². The molecule has 1 fully saturated rings. The maximum Gasteiger partial charge on any atom is 0.335 e. The minimum absolute atomic E-state index is 0.0785. The molecule has 1 heterocycles. The number of amides is 1.